The predicted octanol–water partition coefficient (Wildman–Crippen LogP) is 2.77. The fraction of sp³-hybridized carbons (Fsp3) is 0.111. The predicted molar refractivity (Wildman–Crippen MR) is 86.2 cm³/mol. The molecular formula is C18H13NO5. The molecule has 0 N–H and O–H groups in total. The van der Waals surface area contributed by atoms with E-state index in [1.165, 1.54) is 0 Å². The van der Waals surface area contributed by atoms with Crippen molar-refractivity contribution < 1.29 is 23.7 Å². The highest BCUT2D eigenvalue weighted by Crippen LogP contribution is 2.33. The summed E-state index contributed by atoms with van der Waals surface area (Å²) in [6.45, 7) is 0.185. The van der Waals surface area contributed by atoms with Crippen LogP contribution in [0, 0.1) is 0 Å². The molecule has 2 aliphatic rings. The van der Waals surface area contributed by atoms with Crippen LogP contribution < -0.4 is 14.2 Å². The molecule has 4 rings (SSSR count). The minimum atomic E-state index is -0.506. The van der Waals surface area contributed by atoms with Crippen LogP contribution in [0.25, 0.3) is 6.08 Å². The fourth-order valence-electron chi connectivity index (χ4n) is 2.50. The third kappa shape index (κ3) is 2.48. The van der Waals surface area contributed by atoms with E-state index < -0.39 is 5.97 Å². The smallest absolute Gasteiger partial charge is 0.363 e. The molecule has 0 aromatic heterocycles. The highest BCUT2D eigenvalue weighted by atomic mass is 16.7. The summed E-state index contributed by atoms with van der Waals surface area (Å²) in [5, 5.41) is 0. The second-order valence-corrected chi connectivity index (χ2v) is 5.15. The SMILES string of the molecule is COc1ccccc1C=C1N=C(c2ccc3c(c2)OCO3)OC1=O. The number of para-hydroxylation sites is 1. The van der Waals surface area contributed by atoms with E-state index in [0.29, 0.717) is 22.8 Å². The average Bonchev–Trinajstić information content (AvgIpc) is 3.21. The van der Waals surface area contributed by atoms with Gasteiger partial charge in [0.05, 0.1) is 7.11 Å². The summed E-state index contributed by atoms with van der Waals surface area (Å²) in [6, 6.07) is 12.6. The number of carbonyl (C=O) groups excluding carboxylic acids is 1. The number of aliphatic imine (C=N–C) groups is 1. The average molecular weight is 323 g/mol. The first-order valence-corrected chi connectivity index (χ1v) is 7.30. The van der Waals surface area contributed by atoms with Crippen LogP contribution in [-0.2, 0) is 9.53 Å². The van der Waals surface area contributed by atoms with Gasteiger partial charge in [-0.1, -0.05) is 18.2 Å². The van der Waals surface area contributed by atoms with Crippen molar-refractivity contribution >= 4 is 17.9 Å². The first-order chi connectivity index (χ1) is 11.7. The molecule has 0 fully saturated rings. The van der Waals surface area contributed by atoms with Crippen LogP contribution in [0.3, 0.4) is 0 Å². The lowest BCUT2D eigenvalue weighted by molar-refractivity contribution is -0.129. The lowest BCUT2D eigenvalue weighted by atomic mass is 10.1. The summed E-state index contributed by atoms with van der Waals surface area (Å²) in [4.78, 5) is 16.4. The van der Waals surface area contributed by atoms with Gasteiger partial charge in [0.25, 0.3) is 0 Å². The van der Waals surface area contributed by atoms with Gasteiger partial charge < -0.3 is 18.9 Å². The van der Waals surface area contributed by atoms with Crippen molar-refractivity contribution in [1.82, 2.24) is 0 Å². The van der Waals surface area contributed by atoms with E-state index in [0.717, 1.165) is 5.56 Å². The minimum Gasteiger partial charge on any atom is -0.496 e. The number of ether oxygens (including phenoxy) is 4. The molecular weight excluding hydrogens is 310 g/mol. The Kier molecular flexibility index (Phi) is 3.42. The first-order valence-electron chi connectivity index (χ1n) is 7.30. The molecule has 6 heteroatoms. The Bertz CT molecular complexity index is 885. The molecule has 6 nitrogen and oxygen atoms in total. The molecule has 0 saturated heterocycles. The monoisotopic (exact) mass is 323 g/mol. The quantitative estimate of drug-likeness (QED) is 0.642. The zero-order valence-corrected chi connectivity index (χ0v) is 12.8. The van der Waals surface area contributed by atoms with Crippen molar-refractivity contribution in [1.29, 1.82) is 0 Å². The largest absolute Gasteiger partial charge is 0.496 e. The number of hydrogen-bond acceptors (Lipinski definition) is 6. The van der Waals surface area contributed by atoms with Gasteiger partial charge in [0.15, 0.2) is 17.2 Å². The molecule has 0 unspecified atom stereocenters. The van der Waals surface area contributed by atoms with Crippen molar-refractivity contribution in [2.24, 2.45) is 4.99 Å². The first kappa shape index (κ1) is 14.3. The highest BCUT2D eigenvalue weighted by Gasteiger charge is 2.26. The second kappa shape index (κ2) is 5.73. The molecule has 2 aromatic carbocycles. The van der Waals surface area contributed by atoms with Crippen molar-refractivity contribution in [3.05, 3.63) is 59.3 Å². The van der Waals surface area contributed by atoms with E-state index in [2.05, 4.69) is 4.99 Å². The molecule has 0 saturated carbocycles. The van der Waals surface area contributed by atoms with E-state index in [1.54, 1.807) is 31.4 Å². The van der Waals surface area contributed by atoms with Crippen LogP contribution in [0.4, 0.5) is 0 Å². The van der Waals surface area contributed by atoms with E-state index in [9.17, 15) is 4.79 Å². The van der Waals surface area contributed by atoms with Gasteiger partial charge in [-0.05, 0) is 30.3 Å². The molecule has 0 aliphatic carbocycles. The third-order valence-electron chi connectivity index (χ3n) is 3.67. The number of carbonyl (C=O) groups is 1. The number of nitrogens with zero attached hydrogens (tertiary/aromatic N) is 1. The Morgan fingerprint density at radius 3 is 2.83 bits per heavy atom. The standard InChI is InChI=1S/C18H13NO5/c1-21-14-5-3-2-4-11(14)8-13-18(20)24-17(19-13)12-6-7-15-16(9-12)23-10-22-15/h2-9H,10H2,1H3. The lowest BCUT2D eigenvalue weighted by Gasteiger charge is -2.03. The van der Waals surface area contributed by atoms with E-state index in [1.807, 2.05) is 24.3 Å². The van der Waals surface area contributed by atoms with Crippen LogP contribution >= 0.6 is 0 Å². The maximum atomic E-state index is 12.1. The normalized spacial score (nSPS) is 17.0. The maximum Gasteiger partial charge on any atom is 0.363 e. The molecule has 0 radical (unpaired) electrons. The van der Waals surface area contributed by atoms with Crippen molar-refractivity contribution in [3.8, 4) is 17.2 Å². The van der Waals surface area contributed by atoms with Gasteiger partial charge in [-0.2, -0.15) is 0 Å². The summed E-state index contributed by atoms with van der Waals surface area (Å²) in [5.74, 6) is 1.65. The number of fused-ring (bicyclic) bond motifs is 1. The summed E-state index contributed by atoms with van der Waals surface area (Å²) >= 11 is 0. The molecule has 2 aromatic rings. The Morgan fingerprint density at radius 1 is 1.12 bits per heavy atom. The van der Waals surface area contributed by atoms with Crippen LogP contribution in [0.15, 0.2) is 53.2 Å². The molecule has 0 atom stereocenters. The van der Waals surface area contributed by atoms with Crippen LogP contribution in [-0.4, -0.2) is 25.8 Å². The maximum absolute atomic E-state index is 12.1. The topological polar surface area (TPSA) is 66.3 Å². The molecule has 24 heavy (non-hydrogen) atoms. The molecule has 0 bridgehead atoms. The Balaban J connectivity index is 1.69. The lowest BCUT2D eigenvalue weighted by Crippen LogP contribution is -2.05. The number of hydrogen-bond donors (Lipinski definition) is 0. The molecule has 2 aliphatic heterocycles. The molecule has 0 amide bonds. The molecule has 2 heterocycles. The summed E-state index contributed by atoms with van der Waals surface area (Å²) in [7, 11) is 1.58. The van der Waals surface area contributed by atoms with E-state index in [-0.39, 0.29) is 18.4 Å². The minimum absolute atomic E-state index is 0.185. The van der Waals surface area contributed by atoms with Crippen LogP contribution in [0.1, 0.15) is 11.1 Å². The number of esters is 1. The van der Waals surface area contributed by atoms with Crippen molar-refractivity contribution in [2.45, 2.75) is 0 Å². The van der Waals surface area contributed by atoms with Crippen molar-refractivity contribution in [3.63, 3.8) is 0 Å². The van der Waals surface area contributed by atoms with E-state index >= 15 is 0 Å². The Morgan fingerprint density at radius 2 is 1.96 bits per heavy atom. The summed E-state index contributed by atoms with van der Waals surface area (Å²) < 4.78 is 21.1. The van der Waals surface area contributed by atoms with Crippen LogP contribution in [0.5, 0.6) is 17.2 Å². The van der Waals surface area contributed by atoms with Gasteiger partial charge in [0, 0.05) is 11.1 Å². The summed E-state index contributed by atoms with van der Waals surface area (Å²) in [5.41, 5.74) is 1.62. The Hall–Kier alpha value is -3.28. The van der Waals surface area contributed by atoms with Gasteiger partial charge in [-0.25, -0.2) is 9.79 Å². The summed E-state index contributed by atoms with van der Waals surface area (Å²) in [6.07, 6.45) is 1.64. The van der Waals surface area contributed by atoms with Gasteiger partial charge in [0.1, 0.15) is 5.75 Å². The van der Waals surface area contributed by atoms with E-state index in [4.69, 9.17) is 18.9 Å². The van der Waals surface area contributed by atoms with Crippen LogP contribution in [0.2, 0.25) is 0 Å². The highest BCUT2D eigenvalue weighted by molar-refractivity contribution is 6.13. The molecule has 120 valence electrons. The van der Waals surface area contributed by atoms with Gasteiger partial charge in [0.2, 0.25) is 12.7 Å². The third-order valence-corrected chi connectivity index (χ3v) is 3.67. The number of rotatable bonds is 3. The van der Waals surface area contributed by atoms with Gasteiger partial charge >= 0.3 is 5.97 Å². The second-order valence-electron chi connectivity index (χ2n) is 5.15. The fourth-order valence-corrected chi connectivity index (χ4v) is 2.50. The Labute approximate surface area is 137 Å². The number of methoxy groups -OCH3 is 1. The van der Waals surface area contributed by atoms with Crippen molar-refractivity contribution in [2.75, 3.05) is 13.9 Å². The number of benzene rings is 2. The van der Waals surface area contributed by atoms with Gasteiger partial charge in [-0.15, -0.1) is 0 Å². The zero-order chi connectivity index (χ0) is 16.5. The molecule has 0 spiro atoms. The number of cyclic esters (lactones) is 1. The van der Waals surface area contributed by atoms with Gasteiger partial charge in [-0.3, -0.25) is 0 Å². The zero-order valence-electron chi connectivity index (χ0n) is 12.8.